The summed E-state index contributed by atoms with van der Waals surface area (Å²) < 4.78 is 29.3. The summed E-state index contributed by atoms with van der Waals surface area (Å²) in [6, 6.07) is 14.7. The number of methoxy groups -OCH3 is 2. The number of carboxylic acids is 1. The number of carbonyl (C=O) groups is 8. The summed E-state index contributed by atoms with van der Waals surface area (Å²) >= 11 is 1.18. The van der Waals surface area contributed by atoms with Gasteiger partial charge in [-0.05, 0) is 61.9 Å². The van der Waals surface area contributed by atoms with E-state index >= 15 is 0 Å². The minimum Gasteiger partial charge on any atom is -0.480 e. The van der Waals surface area contributed by atoms with Gasteiger partial charge in [0.2, 0.25) is 23.6 Å². The molecule has 2 aliphatic heterocycles. The number of hydrogen-bond donors (Lipinski definition) is 5. The van der Waals surface area contributed by atoms with Crippen molar-refractivity contribution in [2.75, 3.05) is 24.9 Å². The SMILES string of the molecule is COC(=O)Oc1cccc2c(=O)n(CC(=O)Nc3cc(NC(=O)Cn4c(=O)oc5c(OC(=O)OC)cccc5c4=O)cc(C(=O)NC(C(=O)NC4C(=O)N5C4SC(C)(C)C5C(=O)O)c4ccccc4)c3)c(=O)oc12. The third kappa shape index (κ3) is 10.0. The second-order valence-corrected chi connectivity index (χ2v) is 18.5. The normalized spacial score (nSPS) is 16.7. The molecule has 5 N–H and O–H groups in total. The lowest BCUT2D eigenvalue weighted by Gasteiger charge is -2.44. The number of carbonyl (C=O) groups excluding carboxylic acids is 7. The fraction of sp³-hybridized carbons (Fsp3) is 0.234. The van der Waals surface area contributed by atoms with Crippen molar-refractivity contribution in [3.63, 3.8) is 0 Å². The monoisotopic (exact) mass is 1040 g/mol. The molecule has 2 aliphatic rings. The molecule has 0 aliphatic carbocycles. The zero-order chi connectivity index (χ0) is 53.3. The number of thioether (sulfide) groups is 1. The Labute approximate surface area is 417 Å². The van der Waals surface area contributed by atoms with Crippen LogP contribution in [0.4, 0.5) is 21.0 Å². The number of carboxylic acid groups (broad SMARTS) is 1. The molecule has 4 heterocycles. The van der Waals surface area contributed by atoms with E-state index in [4.69, 9.17) is 18.3 Å². The Morgan fingerprint density at radius 1 is 0.703 bits per heavy atom. The second-order valence-electron chi connectivity index (χ2n) is 16.7. The Morgan fingerprint density at radius 2 is 1.20 bits per heavy atom. The highest BCUT2D eigenvalue weighted by Gasteiger charge is 2.64. The Bertz CT molecular complexity index is 3440. The molecule has 4 aromatic carbocycles. The molecule has 2 aromatic heterocycles. The summed E-state index contributed by atoms with van der Waals surface area (Å²) in [4.78, 5) is 159. The number of para-hydroxylation sites is 2. The molecule has 8 rings (SSSR count). The molecule has 0 saturated carbocycles. The molecule has 4 unspecified atom stereocenters. The topological polar surface area (TPSA) is 349 Å². The van der Waals surface area contributed by atoms with Crippen molar-refractivity contribution in [2.45, 2.75) is 55.2 Å². The first-order valence-corrected chi connectivity index (χ1v) is 22.6. The number of rotatable bonds is 14. The predicted octanol–water partition coefficient (Wildman–Crippen LogP) is 1.89. The number of nitrogens with zero attached hydrogens (tertiary/aromatic N) is 3. The van der Waals surface area contributed by atoms with E-state index < -0.39 is 123 Å². The van der Waals surface area contributed by atoms with Crippen LogP contribution in [0.3, 0.4) is 0 Å². The highest BCUT2D eigenvalue weighted by Crippen LogP contribution is 2.51. The first-order valence-electron chi connectivity index (χ1n) is 21.7. The first-order chi connectivity index (χ1) is 35.2. The number of benzene rings is 4. The van der Waals surface area contributed by atoms with Crippen LogP contribution in [0.5, 0.6) is 11.5 Å². The van der Waals surface area contributed by atoms with Gasteiger partial charge in [0.15, 0.2) is 22.7 Å². The third-order valence-corrected chi connectivity index (χ3v) is 13.0. The number of amides is 5. The lowest BCUT2D eigenvalue weighted by Crippen LogP contribution is -2.71. The van der Waals surface area contributed by atoms with Crippen LogP contribution in [0, 0.1) is 0 Å². The van der Waals surface area contributed by atoms with Gasteiger partial charge in [-0.15, -0.1) is 11.8 Å². The average molecular weight is 1040 g/mol. The van der Waals surface area contributed by atoms with Crippen LogP contribution >= 0.6 is 11.8 Å². The molecule has 2 fully saturated rings. The van der Waals surface area contributed by atoms with E-state index in [0.29, 0.717) is 9.13 Å². The quantitative estimate of drug-likeness (QED) is 0.0591. The Balaban J connectivity index is 1.10. The van der Waals surface area contributed by atoms with E-state index in [0.717, 1.165) is 32.4 Å². The smallest absolute Gasteiger partial charge is 0.480 e. The fourth-order valence-electron chi connectivity index (χ4n) is 8.15. The molecule has 2 saturated heterocycles. The Morgan fingerprint density at radius 3 is 1.68 bits per heavy atom. The van der Waals surface area contributed by atoms with Crippen LogP contribution in [0.2, 0.25) is 0 Å². The lowest BCUT2D eigenvalue weighted by atomic mass is 9.95. The van der Waals surface area contributed by atoms with Gasteiger partial charge in [0.1, 0.15) is 36.6 Å². The number of hydrogen-bond acceptors (Lipinski definition) is 19. The maximum absolute atomic E-state index is 14.3. The highest BCUT2D eigenvalue weighted by molar-refractivity contribution is 8.01. The van der Waals surface area contributed by atoms with E-state index in [1.165, 1.54) is 65.2 Å². The summed E-state index contributed by atoms with van der Waals surface area (Å²) in [6.45, 7) is 1.32. The summed E-state index contributed by atoms with van der Waals surface area (Å²) in [7, 11) is 2.05. The van der Waals surface area contributed by atoms with Gasteiger partial charge in [0, 0.05) is 21.7 Å². The molecule has 27 heteroatoms. The van der Waals surface area contributed by atoms with Crippen molar-refractivity contribution in [3.05, 3.63) is 138 Å². The molecule has 26 nitrogen and oxygen atoms in total. The number of fused-ring (bicyclic) bond motifs is 3. The van der Waals surface area contributed by atoms with Crippen molar-refractivity contribution >= 4 is 92.9 Å². The zero-order valence-corrected chi connectivity index (χ0v) is 39.7. The van der Waals surface area contributed by atoms with Gasteiger partial charge in [0.05, 0.1) is 25.0 Å². The largest absolute Gasteiger partial charge is 0.513 e. The third-order valence-electron chi connectivity index (χ3n) is 11.5. The first kappa shape index (κ1) is 50.8. The molecular weight excluding hydrogens is 999 g/mol. The van der Waals surface area contributed by atoms with Gasteiger partial charge in [0.25, 0.3) is 17.0 Å². The van der Waals surface area contributed by atoms with Crippen LogP contribution in [0.25, 0.3) is 21.9 Å². The van der Waals surface area contributed by atoms with Gasteiger partial charge in [-0.25, -0.2) is 33.1 Å². The van der Waals surface area contributed by atoms with Crippen LogP contribution in [-0.2, 0) is 46.5 Å². The van der Waals surface area contributed by atoms with Gasteiger partial charge < -0.3 is 59.1 Å². The highest BCUT2D eigenvalue weighted by atomic mass is 32.2. The number of nitrogens with one attached hydrogen (secondary N) is 4. The number of β-lactam (4-membered cyclic amide) rings is 1. The lowest BCUT2D eigenvalue weighted by molar-refractivity contribution is -0.161. The van der Waals surface area contributed by atoms with Crippen molar-refractivity contribution in [1.29, 1.82) is 0 Å². The van der Waals surface area contributed by atoms with E-state index in [2.05, 4.69) is 30.7 Å². The minimum atomic E-state index is -1.52. The minimum absolute atomic E-state index is 0.232. The zero-order valence-electron chi connectivity index (χ0n) is 38.9. The molecule has 4 atom stereocenters. The fourth-order valence-corrected chi connectivity index (χ4v) is 9.78. The second kappa shape index (κ2) is 20.3. The molecule has 382 valence electrons. The van der Waals surface area contributed by atoms with Gasteiger partial charge in [-0.1, -0.05) is 42.5 Å². The van der Waals surface area contributed by atoms with Crippen LogP contribution in [0.15, 0.2) is 113 Å². The van der Waals surface area contributed by atoms with Crippen molar-refractivity contribution in [3.8, 4) is 11.5 Å². The van der Waals surface area contributed by atoms with Crippen molar-refractivity contribution in [1.82, 2.24) is 24.7 Å². The maximum Gasteiger partial charge on any atom is 0.513 e. The average Bonchev–Trinajstić information content (AvgIpc) is 3.63. The van der Waals surface area contributed by atoms with Crippen molar-refractivity contribution < 1.29 is 71.2 Å². The van der Waals surface area contributed by atoms with Gasteiger partial charge >= 0.3 is 29.8 Å². The van der Waals surface area contributed by atoms with Crippen LogP contribution in [-0.4, -0.2) is 103 Å². The number of ether oxygens (including phenoxy) is 4. The van der Waals surface area contributed by atoms with Gasteiger partial charge in [-0.2, -0.15) is 0 Å². The van der Waals surface area contributed by atoms with E-state index in [9.17, 15) is 62.6 Å². The van der Waals surface area contributed by atoms with E-state index in [-0.39, 0.29) is 44.8 Å². The predicted molar refractivity (Wildman–Crippen MR) is 256 cm³/mol. The molecule has 0 spiro atoms. The number of aliphatic carboxylic acids is 1. The maximum atomic E-state index is 14.3. The number of anilines is 2. The summed E-state index contributed by atoms with van der Waals surface area (Å²) in [5.74, 6) is -9.26. The summed E-state index contributed by atoms with van der Waals surface area (Å²) in [5, 5.41) is 18.6. The summed E-state index contributed by atoms with van der Waals surface area (Å²) in [6.07, 6.45) is -2.37. The van der Waals surface area contributed by atoms with Crippen LogP contribution < -0.4 is 53.4 Å². The Hall–Kier alpha value is -9.53. The molecular formula is C47H39N7O19S. The van der Waals surface area contributed by atoms with Crippen molar-refractivity contribution in [2.24, 2.45) is 0 Å². The Kier molecular flexibility index (Phi) is 13.9. The molecule has 6 aromatic rings. The van der Waals surface area contributed by atoms with Crippen LogP contribution in [0.1, 0.15) is 35.8 Å². The molecule has 0 radical (unpaired) electrons. The number of aromatic nitrogens is 2. The molecule has 5 amide bonds. The van der Waals surface area contributed by atoms with E-state index in [1.807, 2.05) is 0 Å². The van der Waals surface area contributed by atoms with Gasteiger partial charge in [-0.3, -0.25) is 33.6 Å². The van der Waals surface area contributed by atoms with E-state index in [1.54, 1.807) is 32.0 Å². The molecule has 0 bridgehead atoms. The standard InChI is InChI=1S/C47H39N7O19S/c1-47(2)35(42(62)63)54-40(61)32(41(54)74-47)51-37(58)31(21-10-6-5-7-11-21)50-36(57)22-16-23(48-29(55)19-52-38(59)25-12-8-14-27(70-45(66)68-3)33(25)72-43(52)64)18-24(17-22)49-30(56)20-53-39(60)26-13-9-15-28(71-46(67)69-4)34(26)73-44(53)65/h5-18,31-32,35,41H,19-20H2,1-4H3,(H,48,55)(H,49,56)(H,50,57)(H,51,58)(H,62,63). The molecule has 74 heavy (non-hydrogen) atoms. The summed E-state index contributed by atoms with van der Waals surface area (Å²) in [5.41, 5.74) is -3.58.